The number of Topliss-reactive ketones (excluding diaryl/α,β-unsaturated/α-hetero) is 1. The molecule has 0 spiro atoms. The van der Waals surface area contributed by atoms with E-state index in [2.05, 4.69) is 6.92 Å². The van der Waals surface area contributed by atoms with Gasteiger partial charge < -0.3 is 24.1 Å². The number of benzene rings is 3. The third kappa shape index (κ3) is 6.01. The molecule has 5 rings (SSSR count). The number of anilines is 1. The lowest BCUT2D eigenvalue weighted by Crippen LogP contribution is -2.29. The molecule has 3 aromatic carbocycles. The number of aromatic nitrogens is 1. The lowest BCUT2D eigenvalue weighted by molar-refractivity contribution is -0.132. The van der Waals surface area contributed by atoms with E-state index in [1.165, 1.54) is 23.3 Å². The standard InChI is InChI=1S/C33H34N2O7S/c1-5-8-16-42-25-15-12-20(18-26(25)39-4)29-28(30(36)21-10-9-11-22(17-21)40-6-2)31(37)32(38)35(29)33-34-24-14-13-23(41-7-3)19-27(24)43-33/h9-15,17-19,29,36H,5-8,16H2,1-4H3. The predicted octanol–water partition coefficient (Wildman–Crippen LogP) is 6.91. The van der Waals surface area contributed by atoms with E-state index in [0.717, 1.165) is 17.5 Å². The average molecular weight is 603 g/mol. The third-order valence-corrected chi connectivity index (χ3v) is 8.00. The summed E-state index contributed by atoms with van der Waals surface area (Å²) in [7, 11) is 1.53. The molecule has 1 aliphatic heterocycles. The van der Waals surface area contributed by atoms with Gasteiger partial charge >= 0.3 is 5.91 Å². The summed E-state index contributed by atoms with van der Waals surface area (Å²) < 4.78 is 23.6. The smallest absolute Gasteiger partial charge is 0.301 e. The van der Waals surface area contributed by atoms with Gasteiger partial charge in [0, 0.05) is 5.56 Å². The largest absolute Gasteiger partial charge is 0.507 e. The number of fused-ring (bicyclic) bond motifs is 1. The van der Waals surface area contributed by atoms with Crippen LogP contribution in [0.25, 0.3) is 16.0 Å². The van der Waals surface area contributed by atoms with Crippen molar-refractivity contribution in [1.82, 2.24) is 4.98 Å². The maximum Gasteiger partial charge on any atom is 0.301 e. The second-order valence-electron chi connectivity index (χ2n) is 9.80. The summed E-state index contributed by atoms with van der Waals surface area (Å²) in [4.78, 5) is 33.5. The molecule has 1 aromatic heterocycles. The number of methoxy groups -OCH3 is 1. The number of unbranched alkanes of at least 4 members (excludes halogenated alkanes) is 1. The molecule has 0 bridgehead atoms. The van der Waals surface area contributed by atoms with Crippen LogP contribution in [-0.2, 0) is 9.59 Å². The number of thiazole rings is 1. The zero-order valence-electron chi connectivity index (χ0n) is 24.6. The normalized spacial score (nSPS) is 16.1. The molecule has 9 nitrogen and oxygen atoms in total. The first-order chi connectivity index (χ1) is 20.9. The Morgan fingerprint density at radius 3 is 2.42 bits per heavy atom. The molecule has 1 N–H and O–H groups in total. The van der Waals surface area contributed by atoms with Crippen LogP contribution >= 0.6 is 11.3 Å². The Morgan fingerprint density at radius 2 is 1.70 bits per heavy atom. The molecule has 1 fully saturated rings. The molecule has 224 valence electrons. The number of hydrogen-bond donors (Lipinski definition) is 1. The molecule has 1 atom stereocenters. The van der Waals surface area contributed by atoms with Crippen molar-refractivity contribution in [3.05, 3.63) is 77.4 Å². The number of aliphatic hydroxyl groups excluding tert-OH is 1. The minimum absolute atomic E-state index is 0.0605. The van der Waals surface area contributed by atoms with Crippen LogP contribution in [0.4, 0.5) is 5.13 Å². The fourth-order valence-corrected chi connectivity index (χ4v) is 5.97. The van der Waals surface area contributed by atoms with Gasteiger partial charge in [-0.1, -0.05) is 42.9 Å². The molecule has 1 amide bonds. The van der Waals surface area contributed by atoms with Crippen LogP contribution in [-0.4, -0.2) is 48.7 Å². The number of ketones is 1. The van der Waals surface area contributed by atoms with Crippen molar-refractivity contribution in [2.24, 2.45) is 0 Å². The first-order valence-corrected chi connectivity index (χ1v) is 15.1. The van der Waals surface area contributed by atoms with Gasteiger partial charge in [-0.25, -0.2) is 4.98 Å². The van der Waals surface area contributed by atoms with Crippen LogP contribution in [0.2, 0.25) is 0 Å². The van der Waals surface area contributed by atoms with Gasteiger partial charge in [-0.3, -0.25) is 14.5 Å². The van der Waals surface area contributed by atoms with E-state index >= 15 is 0 Å². The monoisotopic (exact) mass is 602 g/mol. The van der Waals surface area contributed by atoms with Crippen LogP contribution in [0.1, 0.15) is 50.8 Å². The van der Waals surface area contributed by atoms with Crippen LogP contribution in [0.3, 0.4) is 0 Å². The fraction of sp³-hybridized carbons (Fsp3) is 0.303. The Balaban J connectivity index is 1.67. The van der Waals surface area contributed by atoms with E-state index in [0.29, 0.717) is 64.6 Å². The van der Waals surface area contributed by atoms with Gasteiger partial charge in [-0.2, -0.15) is 0 Å². The van der Waals surface area contributed by atoms with Gasteiger partial charge in [-0.05, 0) is 68.3 Å². The second kappa shape index (κ2) is 13.2. The molecule has 1 aliphatic rings. The molecule has 0 saturated carbocycles. The Kier molecular flexibility index (Phi) is 9.16. The predicted molar refractivity (Wildman–Crippen MR) is 167 cm³/mol. The van der Waals surface area contributed by atoms with Gasteiger partial charge in [0.05, 0.1) is 48.8 Å². The lowest BCUT2D eigenvalue weighted by Gasteiger charge is -2.24. The summed E-state index contributed by atoms with van der Waals surface area (Å²) in [5, 5.41) is 11.9. The first-order valence-electron chi connectivity index (χ1n) is 14.3. The highest BCUT2D eigenvalue weighted by atomic mass is 32.1. The molecule has 2 heterocycles. The molecule has 1 unspecified atom stereocenters. The summed E-state index contributed by atoms with van der Waals surface area (Å²) in [5.74, 6) is 0.284. The first kappa shape index (κ1) is 29.9. The summed E-state index contributed by atoms with van der Waals surface area (Å²) in [6.07, 6.45) is 1.86. The van der Waals surface area contributed by atoms with Gasteiger partial charge in [0.1, 0.15) is 17.3 Å². The molecule has 0 aliphatic carbocycles. The number of carbonyl (C=O) groups excluding carboxylic acids is 2. The minimum Gasteiger partial charge on any atom is -0.507 e. The van der Waals surface area contributed by atoms with Crippen molar-refractivity contribution in [3.8, 4) is 23.0 Å². The maximum absolute atomic E-state index is 13.7. The Labute approximate surface area is 254 Å². The highest BCUT2D eigenvalue weighted by molar-refractivity contribution is 7.22. The van der Waals surface area contributed by atoms with Gasteiger partial charge in [0.15, 0.2) is 16.6 Å². The van der Waals surface area contributed by atoms with Crippen LogP contribution in [0, 0.1) is 0 Å². The maximum atomic E-state index is 13.7. The third-order valence-electron chi connectivity index (χ3n) is 6.99. The zero-order chi connectivity index (χ0) is 30.5. The van der Waals surface area contributed by atoms with Gasteiger partial charge in [0.2, 0.25) is 0 Å². The van der Waals surface area contributed by atoms with Crippen molar-refractivity contribution in [2.45, 2.75) is 39.7 Å². The van der Waals surface area contributed by atoms with Gasteiger partial charge in [-0.15, -0.1) is 0 Å². The van der Waals surface area contributed by atoms with Crippen molar-refractivity contribution in [2.75, 3.05) is 31.8 Å². The number of amides is 1. The van der Waals surface area contributed by atoms with Crippen LogP contribution in [0.5, 0.6) is 23.0 Å². The molecule has 10 heteroatoms. The Bertz CT molecular complexity index is 1680. The molecule has 1 saturated heterocycles. The van der Waals surface area contributed by atoms with Crippen LogP contribution in [0.15, 0.2) is 66.2 Å². The molecule has 4 aromatic rings. The SMILES string of the molecule is CCCCOc1ccc(C2C(=C(O)c3cccc(OCC)c3)C(=O)C(=O)N2c2nc3ccc(OCC)cc3s2)cc1OC. The van der Waals surface area contributed by atoms with Gasteiger partial charge in [0.25, 0.3) is 5.78 Å². The van der Waals surface area contributed by atoms with E-state index in [9.17, 15) is 14.7 Å². The summed E-state index contributed by atoms with van der Waals surface area (Å²) in [6.45, 7) is 7.31. The van der Waals surface area contributed by atoms with E-state index in [4.69, 9.17) is 23.9 Å². The van der Waals surface area contributed by atoms with Crippen molar-refractivity contribution >= 4 is 44.1 Å². The lowest BCUT2D eigenvalue weighted by atomic mass is 9.95. The highest BCUT2D eigenvalue weighted by Gasteiger charge is 2.48. The van der Waals surface area contributed by atoms with E-state index < -0.39 is 17.7 Å². The van der Waals surface area contributed by atoms with E-state index in [1.807, 2.05) is 32.0 Å². The highest BCUT2D eigenvalue weighted by Crippen LogP contribution is 2.46. The van der Waals surface area contributed by atoms with Crippen molar-refractivity contribution < 1.29 is 33.6 Å². The van der Waals surface area contributed by atoms with Crippen molar-refractivity contribution in [1.29, 1.82) is 0 Å². The molecular weight excluding hydrogens is 568 g/mol. The number of hydrogen-bond acceptors (Lipinski definition) is 9. The quantitative estimate of drug-likeness (QED) is 0.0807. The number of nitrogens with zero attached hydrogens (tertiary/aromatic N) is 2. The zero-order valence-corrected chi connectivity index (χ0v) is 25.4. The molecular formula is C33H34N2O7S. The van der Waals surface area contributed by atoms with Crippen molar-refractivity contribution in [3.63, 3.8) is 0 Å². The number of ether oxygens (including phenoxy) is 4. The summed E-state index contributed by atoms with van der Waals surface area (Å²) >= 11 is 1.27. The fourth-order valence-electron chi connectivity index (χ4n) is 4.95. The number of aliphatic hydroxyl groups is 1. The molecule has 0 radical (unpaired) electrons. The minimum atomic E-state index is -0.985. The van der Waals surface area contributed by atoms with E-state index in [1.54, 1.807) is 42.5 Å². The topological polar surface area (TPSA) is 107 Å². The number of carbonyl (C=O) groups is 2. The van der Waals surface area contributed by atoms with Crippen LogP contribution < -0.4 is 23.8 Å². The summed E-state index contributed by atoms with van der Waals surface area (Å²) in [6, 6.07) is 16.6. The summed E-state index contributed by atoms with van der Waals surface area (Å²) in [5.41, 5.74) is 1.50. The average Bonchev–Trinajstić information content (AvgIpc) is 3.55. The number of rotatable bonds is 12. The van der Waals surface area contributed by atoms with E-state index in [-0.39, 0.29) is 11.3 Å². The Hall–Kier alpha value is -4.57. The molecule has 43 heavy (non-hydrogen) atoms. The second-order valence-corrected chi connectivity index (χ2v) is 10.8. The Morgan fingerprint density at radius 1 is 0.930 bits per heavy atom.